The summed E-state index contributed by atoms with van der Waals surface area (Å²) in [6.45, 7) is 2.23. The summed E-state index contributed by atoms with van der Waals surface area (Å²) in [5.41, 5.74) is 6.65. The smallest absolute Gasteiger partial charge is 0.270 e. The molecule has 1 aromatic carbocycles. The molecule has 2 aromatic heterocycles. The molecule has 2 N–H and O–H groups in total. The van der Waals surface area contributed by atoms with E-state index in [4.69, 9.17) is 5.73 Å². The maximum Gasteiger partial charge on any atom is 0.270 e. The molecule has 3 heterocycles. The van der Waals surface area contributed by atoms with Gasteiger partial charge in [-0.2, -0.15) is 0 Å². The molecule has 0 unspecified atom stereocenters. The van der Waals surface area contributed by atoms with Crippen molar-refractivity contribution in [1.82, 2.24) is 14.9 Å². The summed E-state index contributed by atoms with van der Waals surface area (Å²) in [6, 6.07) is 8.17. The van der Waals surface area contributed by atoms with Gasteiger partial charge in [0.15, 0.2) is 5.82 Å². The zero-order valence-electron chi connectivity index (χ0n) is 14.5. The van der Waals surface area contributed by atoms with Gasteiger partial charge in [0.05, 0.1) is 10.3 Å². The molecule has 0 spiro atoms. The molecule has 3 aromatic rings. The lowest BCUT2D eigenvalue weighted by Crippen LogP contribution is -2.33. The Hall–Kier alpha value is -2.65. The number of halogens is 1. The SMILES string of the molecule is Nc1nc(-c2cccc([N+](=O)[O-])c2)nc2sc(CN3CCC(F)CC3)cc12. The van der Waals surface area contributed by atoms with E-state index in [2.05, 4.69) is 14.9 Å². The van der Waals surface area contributed by atoms with Gasteiger partial charge in [-0.25, -0.2) is 14.4 Å². The summed E-state index contributed by atoms with van der Waals surface area (Å²) >= 11 is 1.52. The van der Waals surface area contributed by atoms with Crippen molar-refractivity contribution in [1.29, 1.82) is 0 Å². The molecular weight excluding hydrogens is 369 g/mol. The number of piperidine rings is 1. The lowest BCUT2D eigenvalue weighted by atomic mass is 10.1. The Balaban J connectivity index is 1.63. The van der Waals surface area contributed by atoms with Crippen LogP contribution in [-0.4, -0.2) is 39.1 Å². The summed E-state index contributed by atoms with van der Waals surface area (Å²) in [7, 11) is 0. The average Bonchev–Trinajstić information content (AvgIpc) is 3.07. The fourth-order valence-corrected chi connectivity index (χ4v) is 4.32. The van der Waals surface area contributed by atoms with Crippen LogP contribution in [0.2, 0.25) is 0 Å². The van der Waals surface area contributed by atoms with Crippen LogP contribution in [0.4, 0.5) is 15.9 Å². The second-order valence-corrected chi connectivity index (χ2v) is 7.74. The quantitative estimate of drug-likeness (QED) is 0.540. The van der Waals surface area contributed by atoms with Crippen molar-refractivity contribution < 1.29 is 9.31 Å². The Labute approximate surface area is 158 Å². The number of thiophene rings is 1. The Morgan fingerprint density at radius 2 is 2.07 bits per heavy atom. The van der Waals surface area contributed by atoms with E-state index in [1.165, 1.54) is 23.5 Å². The number of hydrogen-bond donors (Lipinski definition) is 1. The molecule has 140 valence electrons. The summed E-state index contributed by atoms with van der Waals surface area (Å²) in [4.78, 5) is 23.5. The average molecular weight is 387 g/mol. The third-order valence-corrected chi connectivity index (χ3v) is 5.70. The van der Waals surface area contributed by atoms with E-state index in [0.717, 1.165) is 34.7 Å². The molecule has 1 saturated heterocycles. The van der Waals surface area contributed by atoms with Gasteiger partial charge in [-0.15, -0.1) is 11.3 Å². The number of nitrogens with zero attached hydrogens (tertiary/aromatic N) is 4. The van der Waals surface area contributed by atoms with Gasteiger partial charge in [-0.05, 0) is 18.9 Å². The minimum Gasteiger partial charge on any atom is -0.383 e. The molecule has 0 saturated carbocycles. The van der Waals surface area contributed by atoms with Gasteiger partial charge in [-0.3, -0.25) is 15.0 Å². The second-order valence-electron chi connectivity index (χ2n) is 6.62. The van der Waals surface area contributed by atoms with E-state index in [-0.39, 0.29) is 5.69 Å². The van der Waals surface area contributed by atoms with Crippen molar-refractivity contribution >= 4 is 33.1 Å². The van der Waals surface area contributed by atoms with Crippen LogP contribution in [0.5, 0.6) is 0 Å². The number of alkyl halides is 1. The first-order valence-corrected chi connectivity index (χ1v) is 9.48. The predicted octanol–water partition coefficient (Wildman–Crippen LogP) is 3.78. The van der Waals surface area contributed by atoms with Crippen LogP contribution in [0.15, 0.2) is 30.3 Å². The minimum absolute atomic E-state index is 0.0158. The van der Waals surface area contributed by atoms with E-state index < -0.39 is 11.1 Å². The number of nitrogen functional groups attached to an aromatic ring is 1. The fourth-order valence-electron chi connectivity index (χ4n) is 3.24. The molecule has 9 heteroatoms. The lowest BCUT2D eigenvalue weighted by Gasteiger charge is -2.27. The van der Waals surface area contributed by atoms with Crippen LogP contribution >= 0.6 is 11.3 Å². The van der Waals surface area contributed by atoms with Crippen molar-refractivity contribution in [3.63, 3.8) is 0 Å². The molecule has 4 rings (SSSR count). The molecule has 0 bridgehead atoms. The Bertz CT molecular complexity index is 1000. The van der Waals surface area contributed by atoms with E-state index >= 15 is 0 Å². The van der Waals surface area contributed by atoms with Gasteiger partial charge in [-0.1, -0.05) is 12.1 Å². The fraction of sp³-hybridized carbons (Fsp3) is 0.333. The van der Waals surface area contributed by atoms with Gasteiger partial charge in [0.2, 0.25) is 0 Å². The molecule has 7 nitrogen and oxygen atoms in total. The first-order valence-electron chi connectivity index (χ1n) is 8.67. The highest BCUT2D eigenvalue weighted by molar-refractivity contribution is 7.18. The molecule has 0 amide bonds. The van der Waals surface area contributed by atoms with Crippen molar-refractivity contribution in [3.05, 3.63) is 45.3 Å². The number of hydrogen-bond acceptors (Lipinski definition) is 7. The van der Waals surface area contributed by atoms with Gasteiger partial charge in [0.25, 0.3) is 5.69 Å². The van der Waals surface area contributed by atoms with E-state index in [0.29, 0.717) is 30.0 Å². The highest BCUT2D eigenvalue weighted by Crippen LogP contribution is 2.32. The van der Waals surface area contributed by atoms with Gasteiger partial charge in [0.1, 0.15) is 16.8 Å². The summed E-state index contributed by atoms with van der Waals surface area (Å²) in [5.74, 6) is 0.724. The van der Waals surface area contributed by atoms with Gasteiger partial charge in [0, 0.05) is 42.2 Å². The number of rotatable bonds is 4. The molecule has 1 aliphatic heterocycles. The number of anilines is 1. The third-order valence-electron chi connectivity index (χ3n) is 4.68. The normalized spacial score (nSPS) is 16.0. The molecule has 27 heavy (non-hydrogen) atoms. The van der Waals surface area contributed by atoms with Crippen molar-refractivity contribution in [2.45, 2.75) is 25.6 Å². The predicted molar refractivity (Wildman–Crippen MR) is 103 cm³/mol. The number of aromatic nitrogens is 2. The maximum atomic E-state index is 13.3. The van der Waals surface area contributed by atoms with Gasteiger partial charge >= 0.3 is 0 Å². The molecular formula is C18H18FN5O2S. The van der Waals surface area contributed by atoms with Crippen LogP contribution in [0.3, 0.4) is 0 Å². The second kappa shape index (κ2) is 7.16. The first kappa shape index (κ1) is 17.7. The van der Waals surface area contributed by atoms with Gasteiger partial charge < -0.3 is 5.73 Å². The van der Waals surface area contributed by atoms with E-state index in [9.17, 15) is 14.5 Å². The first-order chi connectivity index (χ1) is 13.0. The topological polar surface area (TPSA) is 98.2 Å². The monoisotopic (exact) mass is 387 g/mol. The van der Waals surface area contributed by atoms with Crippen LogP contribution in [-0.2, 0) is 6.54 Å². The maximum absolute atomic E-state index is 13.3. The molecule has 1 fully saturated rings. The van der Waals surface area contributed by atoms with Crippen LogP contribution in [0.1, 0.15) is 17.7 Å². The Morgan fingerprint density at radius 1 is 1.30 bits per heavy atom. The highest BCUT2D eigenvalue weighted by Gasteiger charge is 2.20. The van der Waals surface area contributed by atoms with E-state index in [1.54, 1.807) is 12.1 Å². The van der Waals surface area contributed by atoms with Crippen LogP contribution in [0.25, 0.3) is 21.6 Å². The molecule has 0 radical (unpaired) electrons. The summed E-state index contributed by atoms with van der Waals surface area (Å²) in [5, 5.41) is 11.8. The lowest BCUT2D eigenvalue weighted by molar-refractivity contribution is -0.384. The molecule has 0 aliphatic carbocycles. The number of benzene rings is 1. The number of nitrogens with two attached hydrogens (primary N) is 1. The van der Waals surface area contributed by atoms with E-state index in [1.807, 2.05) is 6.07 Å². The summed E-state index contributed by atoms with van der Waals surface area (Å²) < 4.78 is 13.3. The standard InChI is InChI=1S/C18H18FN5O2S/c19-12-4-6-23(7-5-12)10-14-9-15-16(20)21-17(22-18(15)27-14)11-2-1-3-13(8-11)24(25)26/h1-3,8-9,12H,4-7,10H2,(H2,20,21,22). The Kier molecular flexibility index (Phi) is 4.71. The molecule has 1 aliphatic rings. The number of nitro groups is 1. The zero-order chi connectivity index (χ0) is 19.0. The molecule has 0 atom stereocenters. The third kappa shape index (κ3) is 3.74. The van der Waals surface area contributed by atoms with Crippen LogP contribution < -0.4 is 5.73 Å². The van der Waals surface area contributed by atoms with Crippen molar-refractivity contribution in [2.75, 3.05) is 18.8 Å². The number of nitro benzene ring substituents is 1. The number of non-ortho nitro benzene ring substituents is 1. The minimum atomic E-state index is -0.692. The largest absolute Gasteiger partial charge is 0.383 e. The number of likely N-dealkylation sites (tertiary alicyclic amines) is 1. The van der Waals surface area contributed by atoms with Crippen LogP contribution in [0, 0.1) is 10.1 Å². The van der Waals surface area contributed by atoms with Crippen molar-refractivity contribution in [3.8, 4) is 11.4 Å². The highest BCUT2D eigenvalue weighted by atomic mass is 32.1. The Morgan fingerprint density at radius 3 is 2.81 bits per heavy atom. The van der Waals surface area contributed by atoms with Crippen molar-refractivity contribution in [2.24, 2.45) is 0 Å². The zero-order valence-corrected chi connectivity index (χ0v) is 15.3. The summed E-state index contributed by atoms with van der Waals surface area (Å²) in [6.07, 6.45) is 0.454. The number of fused-ring (bicyclic) bond motifs is 1.